The Balaban J connectivity index is 1.88. The summed E-state index contributed by atoms with van der Waals surface area (Å²) < 4.78 is 13.5. The molecule has 20 heavy (non-hydrogen) atoms. The summed E-state index contributed by atoms with van der Waals surface area (Å²) in [6.45, 7) is 0.970. The number of rotatable bonds is 5. The smallest absolute Gasteiger partial charge is 0.306 e. The molecule has 1 aliphatic rings. The van der Waals surface area contributed by atoms with Crippen LogP contribution in [0.3, 0.4) is 0 Å². The van der Waals surface area contributed by atoms with Gasteiger partial charge in [-0.25, -0.2) is 4.39 Å². The summed E-state index contributed by atoms with van der Waals surface area (Å²) >= 11 is 5.84. The molecular formula is C15H19ClFNO2. The molecule has 2 unspecified atom stereocenters. The van der Waals surface area contributed by atoms with Crippen LogP contribution >= 0.6 is 11.6 Å². The van der Waals surface area contributed by atoms with Crippen molar-refractivity contribution in [2.75, 3.05) is 6.54 Å². The molecule has 0 heterocycles. The van der Waals surface area contributed by atoms with E-state index in [1.165, 1.54) is 12.1 Å². The third kappa shape index (κ3) is 3.93. The lowest BCUT2D eigenvalue weighted by Gasteiger charge is -2.28. The summed E-state index contributed by atoms with van der Waals surface area (Å²) in [4.78, 5) is 11.2. The van der Waals surface area contributed by atoms with E-state index in [0.29, 0.717) is 23.7 Å². The minimum atomic E-state index is -0.717. The maximum absolute atomic E-state index is 13.5. The van der Waals surface area contributed by atoms with E-state index >= 15 is 0 Å². The molecule has 0 saturated heterocycles. The van der Waals surface area contributed by atoms with Crippen molar-refractivity contribution in [1.82, 2.24) is 5.32 Å². The van der Waals surface area contributed by atoms with Crippen LogP contribution in [0.1, 0.15) is 31.2 Å². The van der Waals surface area contributed by atoms with Crippen LogP contribution < -0.4 is 5.32 Å². The summed E-state index contributed by atoms with van der Waals surface area (Å²) in [6.07, 6.45) is 3.72. The second-order valence-corrected chi connectivity index (χ2v) is 5.79. The Morgan fingerprint density at radius 1 is 1.40 bits per heavy atom. The monoisotopic (exact) mass is 299 g/mol. The summed E-state index contributed by atoms with van der Waals surface area (Å²) in [6, 6.07) is 4.46. The third-order valence-electron chi connectivity index (χ3n) is 3.96. The predicted octanol–water partition coefficient (Wildman–Crippen LogP) is 3.46. The SMILES string of the molecule is O=C(O)C1CCCCC1CNCc1cc(Cl)ccc1F. The standard InChI is InChI=1S/C15H19ClFNO2/c16-12-5-6-14(17)11(7-12)9-18-8-10-3-1-2-4-13(10)15(19)20/h5-7,10,13,18H,1-4,8-9H2,(H,19,20). The van der Waals surface area contributed by atoms with Crippen molar-refractivity contribution < 1.29 is 14.3 Å². The van der Waals surface area contributed by atoms with Gasteiger partial charge in [0.1, 0.15) is 5.82 Å². The highest BCUT2D eigenvalue weighted by Gasteiger charge is 2.30. The van der Waals surface area contributed by atoms with Gasteiger partial charge in [0, 0.05) is 17.1 Å². The molecule has 5 heteroatoms. The Labute approximate surface area is 123 Å². The predicted molar refractivity (Wildman–Crippen MR) is 76.2 cm³/mol. The lowest BCUT2D eigenvalue weighted by molar-refractivity contribution is -0.144. The van der Waals surface area contributed by atoms with Crippen LogP contribution in [0.4, 0.5) is 4.39 Å². The Bertz CT molecular complexity index is 481. The minimum Gasteiger partial charge on any atom is -0.481 e. The van der Waals surface area contributed by atoms with Gasteiger partial charge in [0.2, 0.25) is 0 Å². The lowest BCUT2D eigenvalue weighted by Crippen LogP contribution is -2.34. The first-order valence-corrected chi connectivity index (χ1v) is 7.33. The van der Waals surface area contributed by atoms with Gasteiger partial charge in [-0.3, -0.25) is 4.79 Å². The van der Waals surface area contributed by atoms with E-state index in [1.807, 2.05) is 0 Å². The van der Waals surface area contributed by atoms with Crippen molar-refractivity contribution in [2.24, 2.45) is 11.8 Å². The normalized spacial score (nSPS) is 22.7. The molecule has 1 aromatic rings. The quantitative estimate of drug-likeness (QED) is 0.875. The van der Waals surface area contributed by atoms with Crippen LogP contribution in [-0.2, 0) is 11.3 Å². The van der Waals surface area contributed by atoms with Gasteiger partial charge in [0.25, 0.3) is 0 Å². The zero-order valence-electron chi connectivity index (χ0n) is 11.2. The Morgan fingerprint density at radius 2 is 2.15 bits per heavy atom. The van der Waals surface area contributed by atoms with Gasteiger partial charge in [0.05, 0.1) is 5.92 Å². The average Bonchev–Trinajstić information content (AvgIpc) is 2.43. The molecule has 0 spiro atoms. The number of hydrogen-bond acceptors (Lipinski definition) is 2. The molecule has 0 aliphatic heterocycles. The van der Waals surface area contributed by atoms with Crippen LogP contribution in [0, 0.1) is 17.7 Å². The molecule has 3 nitrogen and oxygen atoms in total. The van der Waals surface area contributed by atoms with E-state index < -0.39 is 5.97 Å². The second kappa shape index (κ2) is 7.04. The molecule has 1 saturated carbocycles. The molecule has 1 aliphatic carbocycles. The number of halogens is 2. The molecule has 2 N–H and O–H groups in total. The van der Waals surface area contributed by atoms with Gasteiger partial charge < -0.3 is 10.4 Å². The van der Waals surface area contributed by atoms with Gasteiger partial charge in [0.15, 0.2) is 0 Å². The fourth-order valence-electron chi connectivity index (χ4n) is 2.85. The summed E-state index contributed by atoms with van der Waals surface area (Å²) in [5.74, 6) is -1.16. The van der Waals surface area contributed by atoms with Crippen molar-refractivity contribution in [3.05, 3.63) is 34.6 Å². The van der Waals surface area contributed by atoms with Crippen LogP contribution in [0.5, 0.6) is 0 Å². The molecule has 0 radical (unpaired) electrons. The second-order valence-electron chi connectivity index (χ2n) is 5.36. The minimum absolute atomic E-state index is 0.128. The van der Waals surface area contributed by atoms with Gasteiger partial charge in [-0.2, -0.15) is 0 Å². The van der Waals surface area contributed by atoms with Gasteiger partial charge in [-0.1, -0.05) is 24.4 Å². The summed E-state index contributed by atoms with van der Waals surface area (Å²) in [5, 5.41) is 12.9. The number of benzene rings is 1. The topological polar surface area (TPSA) is 49.3 Å². The third-order valence-corrected chi connectivity index (χ3v) is 4.19. The highest BCUT2D eigenvalue weighted by atomic mass is 35.5. The van der Waals surface area contributed by atoms with E-state index in [-0.39, 0.29) is 17.7 Å². The lowest BCUT2D eigenvalue weighted by atomic mass is 9.79. The zero-order chi connectivity index (χ0) is 14.5. The Morgan fingerprint density at radius 3 is 2.90 bits per heavy atom. The van der Waals surface area contributed by atoms with Crippen LogP contribution in [-0.4, -0.2) is 17.6 Å². The van der Waals surface area contributed by atoms with Crippen molar-refractivity contribution >= 4 is 17.6 Å². The van der Waals surface area contributed by atoms with Gasteiger partial charge >= 0.3 is 5.97 Å². The zero-order valence-corrected chi connectivity index (χ0v) is 12.0. The number of aliphatic carboxylic acids is 1. The maximum atomic E-state index is 13.5. The Kier molecular flexibility index (Phi) is 5.38. The number of carboxylic acid groups (broad SMARTS) is 1. The molecule has 0 aromatic heterocycles. The van der Waals surface area contributed by atoms with E-state index in [0.717, 1.165) is 25.7 Å². The van der Waals surface area contributed by atoms with E-state index in [1.54, 1.807) is 6.07 Å². The first kappa shape index (κ1) is 15.3. The van der Waals surface area contributed by atoms with Crippen molar-refractivity contribution in [3.63, 3.8) is 0 Å². The van der Waals surface area contributed by atoms with E-state index in [9.17, 15) is 14.3 Å². The van der Waals surface area contributed by atoms with Crippen LogP contribution in [0.2, 0.25) is 5.02 Å². The fourth-order valence-corrected chi connectivity index (χ4v) is 3.04. The molecule has 0 bridgehead atoms. The molecule has 1 aromatic carbocycles. The molecule has 2 atom stereocenters. The highest BCUT2D eigenvalue weighted by Crippen LogP contribution is 2.29. The first-order valence-electron chi connectivity index (χ1n) is 6.95. The summed E-state index contributed by atoms with van der Waals surface area (Å²) in [7, 11) is 0. The molecule has 0 amide bonds. The number of nitrogens with one attached hydrogen (secondary N) is 1. The van der Waals surface area contributed by atoms with Crippen LogP contribution in [0.15, 0.2) is 18.2 Å². The largest absolute Gasteiger partial charge is 0.481 e. The highest BCUT2D eigenvalue weighted by molar-refractivity contribution is 6.30. The fraction of sp³-hybridized carbons (Fsp3) is 0.533. The molecular weight excluding hydrogens is 281 g/mol. The average molecular weight is 300 g/mol. The number of hydrogen-bond donors (Lipinski definition) is 2. The van der Waals surface area contributed by atoms with E-state index in [4.69, 9.17) is 11.6 Å². The van der Waals surface area contributed by atoms with Crippen molar-refractivity contribution in [3.8, 4) is 0 Å². The first-order chi connectivity index (χ1) is 9.58. The number of carbonyl (C=O) groups is 1. The summed E-state index contributed by atoms with van der Waals surface area (Å²) in [5.41, 5.74) is 0.514. The van der Waals surface area contributed by atoms with Crippen molar-refractivity contribution in [1.29, 1.82) is 0 Å². The number of carboxylic acids is 1. The maximum Gasteiger partial charge on any atom is 0.306 e. The van der Waals surface area contributed by atoms with Gasteiger partial charge in [-0.15, -0.1) is 0 Å². The van der Waals surface area contributed by atoms with Gasteiger partial charge in [-0.05, 0) is 43.5 Å². The molecule has 110 valence electrons. The molecule has 1 fully saturated rings. The Hall–Kier alpha value is -1.13. The van der Waals surface area contributed by atoms with E-state index in [2.05, 4.69) is 5.32 Å². The van der Waals surface area contributed by atoms with Crippen LogP contribution in [0.25, 0.3) is 0 Å². The van der Waals surface area contributed by atoms with Crippen molar-refractivity contribution in [2.45, 2.75) is 32.2 Å². The molecule has 2 rings (SSSR count).